The Hall–Kier alpha value is -3.66. The Bertz CT molecular complexity index is 1290. The zero-order valence-corrected chi connectivity index (χ0v) is 23.8. The molecule has 0 fully saturated rings. The molecule has 40 heavy (non-hydrogen) atoms. The minimum Gasteiger partial charge on any atom is -0.479 e. The molecule has 3 N–H and O–H groups in total. The quantitative estimate of drug-likeness (QED) is 0.218. The van der Waals surface area contributed by atoms with Gasteiger partial charge < -0.3 is 20.7 Å². The number of carbonyl (C=O) groups is 1. The van der Waals surface area contributed by atoms with Gasteiger partial charge in [-0.2, -0.15) is 8.78 Å². The van der Waals surface area contributed by atoms with Crippen molar-refractivity contribution >= 4 is 16.7 Å². The van der Waals surface area contributed by atoms with Crippen molar-refractivity contribution in [1.29, 1.82) is 0 Å². The van der Waals surface area contributed by atoms with Gasteiger partial charge in [0.25, 0.3) is 0 Å². The van der Waals surface area contributed by atoms with E-state index in [2.05, 4.69) is 31.1 Å². The van der Waals surface area contributed by atoms with Crippen molar-refractivity contribution in [1.82, 2.24) is 15.2 Å². The molecule has 0 aliphatic rings. The maximum Gasteiger partial charge on any atom is 0.203 e. The molecule has 3 rings (SSSR count). The largest absolute Gasteiger partial charge is 0.479 e. The van der Waals surface area contributed by atoms with Crippen LogP contribution in [0.5, 0.6) is 5.75 Å². The third-order valence-electron chi connectivity index (χ3n) is 5.96. The molecule has 2 unspecified atom stereocenters. The van der Waals surface area contributed by atoms with Gasteiger partial charge in [0.2, 0.25) is 11.6 Å². The Labute approximate surface area is 233 Å². The van der Waals surface area contributed by atoms with Crippen LogP contribution in [0.15, 0.2) is 54.5 Å². The van der Waals surface area contributed by atoms with Gasteiger partial charge in [-0.05, 0) is 43.0 Å². The average Bonchev–Trinajstić information content (AvgIpc) is 2.91. The van der Waals surface area contributed by atoms with Crippen molar-refractivity contribution in [2.75, 3.05) is 13.7 Å². The normalized spacial score (nSPS) is 13.0. The predicted molar refractivity (Wildman–Crippen MR) is 149 cm³/mol. The number of likely N-dealkylation sites (N-methyl/N-ethyl adjacent to an activating group) is 1. The number of hydrogen-bond donors (Lipinski definition) is 2. The first-order valence-electron chi connectivity index (χ1n) is 13.1. The lowest BCUT2D eigenvalue weighted by atomic mass is 10.1. The summed E-state index contributed by atoms with van der Waals surface area (Å²) in [6, 6.07) is 8.82. The summed E-state index contributed by atoms with van der Waals surface area (Å²) in [7, 11) is 1.66. The number of carbonyl (C=O) groups excluding carboxylic acids is 1. The van der Waals surface area contributed by atoms with Crippen molar-refractivity contribution < 1.29 is 27.1 Å². The molecule has 3 aromatic rings. The van der Waals surface area contributed by atoms with E-state index in [0.29, 0.717) is 18.7 Å². The smallest absolute Gasteiger partial charge is 0.203 e. The summed E-state index contributed by atoms with van der Waals surface area (Å²) in [4.78, 5) is 18.8. The molecule has 0 bridgehead atoms. The summed E-state index contributed by atoms with van der Waals surface area (Å²) in [5.41, 5.74) is 8.40. The molecule has 0 aliphatic carbocycles. The molecule has 218 valence electrons. The SMILES string of the molecule is CC(C)C.CCC(C(=O)COc1c(F)c(F)cc(F)c1F)N(C)/C(=C\N)C(C)NCc1ccc2ncccc2c1. The highest BCUT2D eigenvalue weighted by atomic mass is 19.2. The first-order valence-corrected chi connectivity index (χ1v) is 13.1. The summed E-state index contributed by atoms with van der Waals surface area (Å²) in [5.74, 6) is -7.61. The fraction of sp³-hybridized carbons (Fsp3) is 0.400. The van der Waals surface area contributed by atoms with E-state index < -0.39 is 47.5 Å². The Balaban J connectivity index is 0.00000131. The zero-order chi connectivity index (χ0) is 30.0. The molecule has 6 nitrogen and oxygen atoms in total. The van der Waals surface area contributed by atoms with E-state index in [1.165, 1.54) is 6.20 Å². The van der Waals surface area contributed by atoms with Crippen LogP contribution in [0.2, 0.25) is 0 Å². The third kappa shape index (κ3) is 8.67. The van der Waals surface area contributed by atoms with Gasteiger partial charge in [0.1, 0.15) is 6.61 Å². The molecule has 1 aromatic heterocycles. The Morgan fingerprint density at radius 1 is 1.07 bits per heavy atom. The van der Waals surface area contributed by atoms with Crippen LogP contribution in [0.1, 0.15) is 46.6 Å². The molecule has 2 atom stereocenters. The molecule has 1 heterocycles. The standard InChI is InChI=1S/C26H28F4N4O2.C4H10/c1-4-21(23(35)14-36-26-24(29)18(27)11-19(28)25(26)30)34(3)22(12-31)15(2)33-13-16-7-8-20-17(10-16)6-5-9-32-20;1-4(2)3/h5-12,15,21,33H,4,13-14,31H2,1-3H3;4H,1-3H3/b22-12-;. The van der Waals surface area contributed by atoms with E-state index in [1.54, 1.807) is 25.1 Å². The summed E-state index contributed by atoms with van der Waals surface area (Å²) in [6.07, 6.45) is 3.43. The number of rotatable bonds is 11. The number of ketones is 1. The second kappa shape index (κ2) is 15.2. The van der Waals surface area contributed by atoms with Crippen LogP contribution in [0.4, 0.5) is 17.6 Å². The first kappa shape index (κ1) is 32.6. The van der Waals surface area contributed by atoms with Gasteiger partial charge in [-0.15, -0.1) is 0 Å². The molecular formula is C30H38F4N4O2. The molecule has 0 amide bonds. The number of aromatic nitrogens is 1. The number of Topliss-reactive ketones (excluding diaryl/α,β-unsaturated/α-hetero) is 1. The highest BCUT2D eigenvalue weighted by molar-refractivity contribution is 5.85. The van der Waals surface area contributed by atoms with Gasteiger partial charge >= 0.3 is 0 Å². The Kier molecular flexibility index (Phi) is 12.4. The predicted octanol–water partition coefficient (Wildman–Crippen LogP) is 6.09. The highest BCUT2D eigenvalue weighted by Crippen LogP contribution is 2.27. The lowest BCUT2D eigenvalue weighted by Crippen LogP contribution is -2.45. The second-order valence-corrected chi connectivity index (χ2v) is 10.0. The van der Waals surface area contributed by atoms with Crippen LogP contribution < -0.4 is 15.8 Å². The number of benzene rings is 2. The van der Waals surface area contributed by atoms with Crippen molar-refractivity contribution in [3.8, 4) is 5.75 Å². The van der Waals surface area contributed by atoms with Gasteiger partial charge in [-0.1, -0.05) is 39.8 Å². The molecule has 0 radical (unpaired) electrons. The molecule has 2 aromatic carbocycles. The number of hydrogen-bond acceptors (Lipinski definition) is 6. The second-order valence-electron chi connectivity index (χ2n) is 10.0. The number of halogens is 4. The zero-order valence-electron chi connectivity index (χ0n) is 23.8. The van der Waals surface area contributed by atoms with Gasteiger partial charge in [-0.3, -0.25) is 9.78 Å². The summed E-state index contributed by atoms with van der Waals surface area (Å²) >= 11 is 0. The molecular weight excluding hydrogens is 524 g/mol. The average molecular weight is 563 g/mol. The molecule has 0 saturated heterocycles. The number of pyridine rings is 1. The van der Waals surface area contributed by atoms with E-state index in [1.807, 2.05) is 37.3 Å². The fourth-order valence-electron chi connectivity index (χ4n) is 3.99. The first-order chi connectivity index (χ1) is 18.9. The lowest BCUT2D eigenvalue weighted by molar-refractivity contribution is -0.125. The molecule has 0 spiro atoms. The number of fused-ring (bicyclic) bond motifs is 1. The van der Waals surface area contributed by atoms with Gasteiger partial charge in [0, 0.05) is 49.2 Å². The van der Waals surface area contributed by atoms with Gasteiger partial charge in [-0.25, -0.2) is 8.78 Å². The Morgan fingerprint density at radius 2 is 1.70 bits per heavy atom. The fourth-order valence-corrected chi connectivity index (χ4v) is 3.99. The maximum absolute atomic E-state index is 13.9. The van der Waals surface area contributed by atoms with E-state index >= 15 is 0 Å². The monoisotopic (exact) mass is 562 g/mol. The lowest BCUT2D eigenvalue weighted by Gasteiger charge is -2.33. The number of ether oxygens (including phenoxy) is 1. The van der Waals surface area contributed by atoms with E-state index in [0.717, 1.165) is 22.4 Å². The number of nitrogens with zero attached hydrogens (tertiary/aromatic N) is 2. The van der Waals surface area contributed by atoms with Crippen LogP contribution in [-0.2, 0) is 11.3 Å². The summed E-state index contributed by atoms with van der Waals surface area (Å²) in [6.45, 7) is 9.86. The van der Waals surface area contributed by atoms with Crippen LogP contribution >= 0.6 is 0 Å². The van der Waals surface area contributed by atoms with Crippen LogP contribution in [0, 0.1) is 29.2 Å². The molecule has 0 saturated carbocycles. The topological polar surface area (TPSA) is 80.5 Å². The van der Waals surface area contributed by atoms with Crippen LogP contribution in [0.25, 0.3) is 10.9 Å². The summed E-state index contributed by atoms with van der Waals surface area (Å²) in [5, 5.41) is 4.38. The van der Waals surface area contributed by atoms with Crippen molar-refractivity contribution in [3.63, 3.8) is 0 Å². The van der Waals surface area contributed by atoms with Crippen molar-refractivity contribution in [3.05, 3.63) is 83.3 Å². The highest BCUT2D eigenvalue weighted by Gasteiger charge is 2.27. The summed E-state index contributed by atoms with van der Waals surface area (Å²) < 4.78 is 59.4. The van der Waals surface area contributed by atoms with E-state index in [-0.39, 0.29) is 12.1 Å². The maximum atomic E-state index is 13.9. The van der Waals surface area contributed by atoms with E-state index in [4.69, 9.17) is 10.5 Å². The van der Waals surface area contributed by atoms with Crippen molar-refractivity contribution in [2.24, 2.45) is 11.7 Å². The molecule has 10 heteroatoms. The molecule has 0 aliphatic heterocycles. The minimum absolute atomic E-state index is 0.0729. The minimum atomic E-state index is -1.70. The van der Waals surface area contributed by atoms with Gasteiger partial charge in [0.15, 0.2) is 23.2 Å². The van der Waals surface area contributed by atoms with Gasteiger partial charge in [0.05, 0.1) is 11.6 Å². The van der Waals surface area contributed by atoms with Crippen molar-refractivity contribution in [2.45, 2.75) is 59.7 Å². The van der Waals surface area contributed by atoms with Crippen LogP contribution in [0.3, 0.4) is 0 Å². The number of nitrogens with two attached hydrogens (primary N) is 1. The van der Waals surface area contributed by atoms with Crippen LogP contribution in [-0.4, -0.2) is 41.4 Å². The Morgan fingerprint density at radius 3 is 2.27 bits per heavy atom. The third-order valence-corrected chi connectivity index (χ3v) is 5.96. The van der Waals surface area contributed by atoms with E-state index in [9.17, 15) is 22.4 Å². The number of nitrogens with one attached hydrogen (secondary N) is 1.